The predicted molar refractivity (Wildman–Crippen MR) is 122 cm³/mol. The molecule has 0 spiro atoms. The topological polar surface area (TPSA) is 78.4 Å². The molecular weight excluding hydrogens is 428 g/mol. The molecular formula is C24H31F2N5O2. The fraction of sp³-hybridized carbons (Fsp3) is 0.500. The van der Waals surface area contributed by atoms with Gasteiger partial charge in [0, 0.05) is 43.9 Å². The van der Waals surface area contributed by atoms with Crippen LogP contribution in [0, 0.1) is 24.5 Å². The van der Waals surface area contributed by atoms with Crippen LogP contribution in [0.15, 0.2) is 24.3 Å². The van der Waals surface area contributed by atoms with Gasteiger partial charge in [-0.3, -0.25) is 9.59 Å². The first-order chi connectivity index (χ1) is 15.6. The number of piperazine rings is 1. The number of carbonyl (C=O) groups excluding carboxylic acids is 2. The first kappa shape index (κ1) is 24.5. The third-order valence-corrected chi connectivity index (χ3v) is 5.70. The van der Waals surface area contributed by atoms with E-state index in [2.05, 4.69) is 20.2 Å². The Morgan fingerprint density at radius 1 is 1.00 bits per heavy atom. The van der Waals surface area contributed by atoms with E-state index >= 15 is 0 Å². The summed E-state index contributed by atoms with van der Waals surface area (Å²) in [5.41, 5.74) is 0.214. The number of nitrogens with zero attached hydrogens (tertiary/aromatic N) is 4. The van der Waals surface area contributed by atoms with Gasteiger partial charge in [-0.1, -0.05) is 33.8 Å². The summed E-state index contributed by atoms with van der Waals surface area (Å²) < 4.78 is 28.0. The van der Waals surface area contributed by atoms with Gasteiger partial charge in [-0.25, -0.2) is 18.7 Å². The molecule has 0 saturated carbocycles. The number of carbonyl (C=O) groups is 2. The van der Waals surface area contributed by atoms with Gasteiger partial charge in [-0.15, -0.1) is 0 Å². The number of halogens is 2. The monoisotopic (exact) mass is 459 g/mol. The molecule has 1 saturated heterocycles. The average Bonchev–Trinajstić information content (AvgIpc) is 2.76. The number of hydrogen-bond acceptors (Lipinski definition) is 5. The highest BCUT2D eigenvalue weighted by Crippen LogP contribution is 2.20. The Kier molecular flexibility index (Phi) is 7.61. The summed E-state index contributed by atoms with van der Waals surface area (Å²) in [7, 11) is 0. The summed E-state index contributed by atoms with van der Waals surface area (Å²) in [6.07, 6.45) is 0. The predicted octanol–water partition coefficient (Wildman–Crippen LogP) is 3.29. The van der Waals surface area contributed by atoms with Crippen molar-refractivity contribution in [2.24, 2.45) is 5.92 Å². The maximum absolute atomic E-state index is 14.0. The van der Waals surface area contributed by atoms with Crippen molar-refractivity contribution in [1.29, 1.82) is 0 Å². The minimum atomic E-state index is -0.961. The Morgan fingerprint density at radius 3 is 2.15 bits per heavy atom. The lowest BCUT2D eigenvalue weighted by atomic mass is 10.0. The van der Waals surface area contributed by atoms with E-state index < -0.39 is 29.1 Å². The fourth-order valence-electron chi connectivity index (χ4n) is 3.79. The molecule has 178 valence electrons. The summed E-state index contributed by atoms with van der Waals surface area (Å²) in [6, 6.07) is 4.27. The van der Waals surface area contributed by atoms with Crippen molar-refractivity contribution < 1.29 is 18.4 Å². The van der Waals surface area contributed by atoms with Gasteiger partial charge >= 0.3 is 0 Å². The van der Waals surface area contributed by atoms with E-state index in [9.17, 15) is 18.4 Å². The number of aryl methyl sites for hydroxylation is 1. The van der Waals surface area contributed by atoms with E-state index in [0.29, 0.717) is 26.2 Å². The van der Waals surface area contributed by atoms with Gasteiger partial charge < -0.3 is 15.1 Å². The molecule has 0 bridgehead atoms. The molecule has 1 atom stereocenters. The highest BCUT2D eigenvalue weighted by molar-refractivity contribution is 5.98. The number of hydrogen-bond donors (Lipinski definition) is 1. The zero-order valence-electron chi connectivity index (χ0n) is 19.7. The lowest BCUT2D eigenvalue weighted by Crippen LogP contribution is -2.56. The van der Waals surface area contributed by atoms with Crippen molar-refractivity contribution in [2.45, 2.75) is 46.6 Å². The van der Waals surface area contributed by atoms with Crippen LogP contribution in [0.4, 0.5) is 14.6 Å². The Labute approximate surface area is 193 Å². The van der Waals surface area contributed by atoms with E-state index in [1.807, 2.05) is 26.8 Å². The molecule has 2 aromatic rings. The number of rotatable bonds is 6. The quantitative estimate of drug-likeness (QED) is 0.717. The van der Waals surface area contributed by atoms with Gasteiger partial charge in [-0.05, 0) is 25.0 Å². The van der Waals surface area contributed by atoms with E-state index in [-0.39, 0.29) is 17.7 Å². The second-order valence-electron chi connectivity index (χ2n) is 8.98. The normalized spacial score (nSPS) is 15.2. The van der Waals surface area contributed by atoms with Gasteiger partial charge in [0.05, 0.1) is 0 Å². The fourth-order valence-corrected chi connectivity index (χ4v) is 3.79. The molecule has 0 aliphatic carbocycles. The molecule has 0 radical (unpaired) electrons. The minimum Gasteiger partial charge on any atom is -0.353 e. The Hall–Kier alpha value is -3.10. The van der Waals surface area contributed by atoms with E-state index in [0.717, 1.165) is 29.5 Å². The number of nitrogens with one attached hydrogen (secondary N) is 1. The zero-order valence-corrected chi connectivity index (χ0v) is 19.7. The van der Waals surface area contributed by atoms with E-state index in [1.54, 1.807) is 18.7 Å². The second kappa shape index (κ2) is 10.2. The largest absolute Gasteiger partial charge is 0.353 e. The van der Waals surface area contributed by atoms with Crippen LogP contribution in [0.1, 0.15) is 55.5 Å². The number of amides is 2. The molecule has 33 heavy (non-hydrogen) atoms. The highest BCUT2D eigenvalue weighted by Gasteiger charge is 2.32. The molecule has 0 unspecified atom stereocenters. The smallest absolute Gasteiger partial charge is 0.257 e. The Bertz CT molecular complexity index is 1000. The molecule has 2 heterocycles. The maximum atomic E-state index is 14.0. The standard InChI is InChI=1S/C24H31F2N5O2/c1-14(2)21(29-23(32)20-17(25)7-6-8-18(20)26)24(33)31-11-9-30(10-12-31)19-13-16(5)27-22(28-19)15(3)4/h6-8,13-15,21H,9-12H2,1-5H3,(H,29,32)/t21-/m1/s1. The first-order valence-electron chi connectivity index (χ1n) is 11.2. The zero-order chi connectivity index (χ0) is 24.3. The summed E-state index contributed by atoms with van der Waals surface area (Å²) in [5.74, 6) is -1.55. The number of benzene rings is 1. The molecule has 1 aliphatic heterocycles. The van der Waals surface area contributed by atoms with Crippen molar-refractivity contribution in [3.05, 3.63) is 53.0 Å². The second-order valence-corrected chi connectivity index (χ2v) is 8.98. The lowest BCUT2D eigenvalue weighted by molar-refractivity contribution is -0.134. The number of anilines is 1. The molecule has 1 aromatic heterocycles. The van der Waals surface area contributed by atoms with Crippen LogP contribution in [0.5, 0.6) is 0 Å². The van der Waals surface area contributed by atoms with Crippen LogP contribution in [0.25, 0.3) is 0 Å². The molecule has 1 aliphatic rings. The first-order valence-corrected chi connectivity index (χ1v) is 11.2. The van der Waals surface area contributed by atoms with E-state index in [1.165, 1.54) is 6.07 Å². The van der Waals surface area contributed by atoms with Crippen LogP contribution in [-0.2, 0) is 4.79 Å². The summed E-state index contributed by atoms with van der Waals surface area (Å²) in [4.78, 5) is 38.7. The molecule has 1 fully saturated rings. The Balaban J connectivity index is 1.68. The third kappa shape index (κ3) is 5.64. The van der Waals surface area contributed by atoms with Crippen molar-refractivity contribution in [3.8, 4) is 0 Å². The van der Waals surface area contributed by atoms with Crippen LogP contribution in [-0.4, -0.2) is 58.9 Å². The molecule has 3 rings (SSSR count). The summed E-state index contributed by atoms with van der Waals surface area (Å²) in [5, 5.41) is 2.54. The van der Waals surface area contributed by atoms with Crippen molar-refractivity contribution in [3.63, 3.8) is 0 Å². The van der Waals surface area contributed by atoms with Crippen LogP contribution in [0.3, 0.4) is 0 Å². The van der Waals surface area contributed by atoms with Gasteiger partial charge in [0.1, 0.15) is 34.9 Å². The maximum Gasteiger partial charge on any atom is 0.257 e. The van der Waals surface area contributed by atoms with Gasteiger partial charge in [-0.2, -0.15) is 0 Å². The van der Waals surface area contributed by atoms with Crippen molar-refractivity contribution in [1.82, 2.24) is 20.2 Å². The van der Waals surface area contributed by atoms with Crippen molar-refractivity contribution >= 4 is 17.6 Å². The van der Waals surface area contributed by atoms with E-state index in [4.69, 9.17) is 0 Å². The van der Waals surface area contributed by atoms with Crippen LogP contribution in [0.2, 0.25) is 0 Å². The third-order valence-electron chi connectivity index (χ3n) is 5.70. The Morgan fingerprint density at radius 2 is 1.61 bits per heavy atom. The lowest BCUT2D eigenvalue weighted by Gasteiger charge is -2.38. The van der Waals surface area contributed by atoms with Crippen LogP contribution >= 0.6 is 0 Å². The van der Waals surface area contributed by atoms with Gasteiger partial charge in [0.15, 0.2) is 0 Å². The molecule has 1 N–H and O–H groups in total. The molecule has 9 heteroatoms. The van der Waals surface area contributed by atoms with Gasteiger partial charge in [0.25, 0.3) is 5.91 Å². The highest BCUT2D eigenvalue weighted by atomic mass is 19.1. The summed E-state index contributed by atoms with van der Waals surface area (Å²) >= 11 is 0. The minimum absolute atomic E-state index is 0.209. The summed E-state index contributed by atoms with van der Waals surface area (Å²) in [6.45, 7) is 11.7. The SMILES string of the molecule is Cc1cc(N2CCN(C(=O)[C@H](NC(=O)c3c(F)cccc3F)C(C)C)CC2)nc(C(C)C)n1. The number of aromatic nitrogens is 2. The van der Waals surface area contributed by atoms with Crippen LogP contribution < -0.4 is 10.2 Å². The van der Waals surface area contributed by atoms with Crippen molar-refractivity contribution in [2.75, 3.05) is 31.1 Å². The molecule has 2 amide bonds. The average molecular weight is 460 g/mol. The molecule has 7 nitrogen and oxygen atoms in total. The van der Waals surface area contributed by atoms with Gasteiger partial charge in [0.2, 0.25) is 5.91 Å². The molecule has 1 aromatic carbocycles.